The third-order valence-corrected chi connectivity index (χ3v) is 2.98. The van der Waals surface area contributed by atoms with Crippen molar-refractivity contribution in [3.8, 4) is 6.07 Å². The summed E-state index contributed by atoms with van der Waals surface area (Å²) in [6.45, 7) is 5.94. The molecule has 0 radical (unpaired) electrons. The Morgan fingerprint density at radius 1 is 1.26 bits per heavy atom. The van der Waals surface area contributed by atoms with Gasteiger partial charge < -0.3 is 15.4 Å². The van der Waals surface area contributed by atoms with E-state index in [1.165, 1.54) is 0 Å². The number of benzene rings is 1. The van der Waals surface area contributed by atoms with Gasteiger partial charge in [-0.05, 0) is 17.4 Å². The van der Waals surface area contributed by atoms with Gasteiger partial charge in [-0.2, -0.15) is 5.26 Å². The maximum atomic E-state index is 12.1. The first-order valence-corrected chi connectivity index (χ1v) is 7.44. The molecule has 0 bridgehead atoms. The van der Waals surface area contributed by atoms with E-state index < -0.39 is 18.0 Å². The fourth-order valence-electron chi connectivity index (χ4n) is 1.98. The second kappa shape index (κ2) is 8.79. The molecule has 0 aliphatic rings. The highest BCUT2D eigenvalue weighted by atomic mass is 16.5. The second-order valence-electron chi connectivity index (χ2n) is 6.40. The number of amides is 2. The number of rotatable bonds is 6. The molecule has 0 aliphatic heterocycles. The number of nitrogens with zero attached hydrogens (tertiary/aromatic N) is 1. The summed E-state index contributed by atoms with van der Waals surface area (Å²) < 4.78 is 5.13. The highest BCUT2D eigenvalue weighted by molar-refractivity contribution is 5.85. The summed E-state index contributed by atoms with van der Waals surface area (Å²) in [6.07, 6.45) is -0.222. The highest BCUT2D eigenvalue weighted by Crippen LogP contribution is 2.21. The van der Waals surface area contributed by atoms with Crippen LogP contribution in [0.25, 0.3) is 0 Å². The minimum Gasteiger partial charge on any atom is -0.445 e. The van der Waals surface area contributed by atoms with Crippen molar-refractivity contribution in [3.05, 3.63) is 35.9 Å². The van der Waals surface area contributed by atoms with Gasteiger partial charge in [0, 0.05) is 0 Å². The lowest BCUT2D eigenvalue weighted by Gasteiger charge is -2.25. The number of carbonyl (C=O) groups is 2. The van der Waals surface area contributed by atoms with Crippen LogP contribution in [-0.4, -0.2) is 24.6 Å². The van der Waals surface area contributed by atoms with Crippen LogP contribution < -0.4 is 10.6 Å². The van der Waals surface area contributed by atoms with E-state index in [-0.39, 0.29) is 18.6 Å². The maximum absolute atomic E-state index is 12.1. The molecule has 1 aromatic carbocycles. The molecule has 23 heavy (non-hydrogen) atoms. The van der Waals surface area contributed by atoms with Crippen molar-refractivity contribution >= 4 is 12.0 Å². The summed E-state index contributed by atoms with van der Waals surface area (Å²) in [5.74, 6) is -0.391. The number of nitriles is 1. The van der Waals surface area contributed by atoms with Crippen molar-refractivity contribution in [1.29, 1.82) is 5.26 Å². The Morgan fingerprint density at radius 3 is 2.48 bits per heavy atom. The molecule has 1 rings (SSSR count). The zero-order valence-corrected chi connectivity index (χ0v) is 13.8. The van der Waals surface area contributed by atoms with Crippen LogP contribution in [0.2, 0.25) is 0 Å². The topological polar surface area (TPSA) is 91.2 Å². The molecule has 1 unspecified atom stereocenters. The molecule has 1 aromatic rings. The molecule has 124 valence electrons. The second-order valence-corrected chi connectivity index (χ2v) is 6.40. The van der Waals surface area contributed by atoms with Gasteiger partial charge in [-0.3, -0.25) is 4.79 Å². The van der Waals surface area contributed by atoms with Crippen LogP contribution in [0, 0.1) is 16.7 Å². The average Bonchev–Trinajstić information content (AvgIpc) is 2.49. The molecule has 0 saturated carbocycles. The minimum absolute atomic E-state index is 0.0970. The van der Waals surface area contributed by atoms with Crippen LogP contribution in [0.3, 0.4) is 0 Å². The van der Waals surface area contributed by atoms with Gasteiger partial charge in [-0.25, -0.2) is 4.79 Å². The Morgan fingerprint density at radius 2 is 1.91 bits per heavy atom. The number of alkyl carbamates (subject to hydrolysis) is 1. The Labute approximate surface area is 136 Å². The summed E-state index contributed by atoms with van der Waals surface area (Å²) in [6, 6.07) is 10.4. The van der Waals surface area contributed by atoms with Crippen LogP contribution in [-0.2, 0) is 16.1 Å². The third-order valence-electron chi connectivity index (χ3n) is 2.98. The van der Waals surface area contributed by atoms with Crippen LogP contribution in [0.1, 0.15) is 32.8 Å². The smallest absolute Gasteiger partial charge is 0.408 e. The molecular weight excluding hydrogens is 294 g/mol. The van der Waals surface area contributed by atoms with Gasteiger partial charge in [0.05, 0.1) is 6.07 Å². The monoisotopic (exact) mass is 317 g/mol. The normalized spacial score (nSPS) is 11.9. The van der Waals surface area contributed by atoms with Gasteiger partial charge in [-0.15, -0.1) is 0 Å². The number of ether oxygens (including phenoxy) is 1. The third kappa shape index (κ3) is 7.86. The predicted molar refractivity (Wildman–Crippen MR) is 86.2 cm³/mol. The Balaban J connectivity index is 2.59. The molecule has 0 aliphatic carbocycles. The summed E-state index contributed by atoms with van der Waals surface area (Å²) in [5, 5.41) is 13.6. The Hall–Kier alpha value is -2.55. The first-order valence-electron chi connectivity index (χ1n) is 7.44. The number of hydrogen-bond donors (Lipinski definition) is 2. The van der Waals surface area contributed by atoms with Crippen LogP contribution in [0.15, 0.2) is 30.3 Å². The zero-order chi connectivity index (χ0) is 17.3. The Kier molecular flexibility index (Phi) is 7.07. The van der Waals surface area contributed by atoms with Crippen molar-refractivity contribution in [1.82, 2.24) is 10.6 Å². The molecule has 0 heterocycles. The fourth-order valence-corrected chi connectivity index (χ4v) is 1.98. The quantitative estimate of drug-likeness (QED) is 0.788. The molecule has 0 saturated heterocycles. The van der Waals surface area contributed by atoms with Crippen molar-refractivity contribution < 1.29 is 14.3 Å². The van der Waals surface area contributed by atoms with Crippen molar-refractivity contribution in [3.63, 3.8) is 0 Å². The molecule has 0 fully saturated rings. The predicted octanol–water partition coefficient (Wildman–Crippen LogP) is 2.36. The average molecular weight is 317 g/mol. The van der Waals surface area contributed by atoms with E-state index in [4.69, 9.17) is 10.00 Å². The van der Waals surface area contributed by atoms with Crippen LogP contribution in [0.5, 0.6) is 0 Å². The zero-order valence-electron chi connectivity index (χ0n) is 13.8. The van der Waals surface area contributed by atoms with E-state index in [0.717, 1.165) is 5.56 Å². The van der Waals surface area contributed by atoms with E-state index >= 15 is 0 Å². The maximum Gasteiger partial charge on any atom is 0.408 e. The SMILES string of the molecule is CC(C)(C)CC(NC(=O)OCc1ccccc1)C(=O)NCC#N. The first kappa shape index (κ1) is 18.5. The van der Waals surface area contributed by atoms with Gasteiger partial charge in [-0.1, -0.05) is 51.1 Å². The Bertz CT molecular complexity index is 559. The highest BCUT2D eigenvalue weighted by Gasteiger charge is 2.26. The lowest BCUT2D eigenvalue weighted by Crippen LogP contribution is -2.48. The summed E-state index contributed by atoms with van der Waals surface area (Å²) in [5.41, 5.74) is 0.699. The van der Waals surface area contributed by atoms with Gasteiger partial charge in [0.25, 0.3) is 0 Å². The fraction of sp³-hybridized carbons (Fsp3) is 0.471. The molecule has 2 N–H and O–H groups in total. The molecule has 2 amide bonds. The molecule has 0 spiro atoms. The van der Waals surface area contributed by atoms with Crippen molar-refractivity contribution in [2.75, 3.05) is 6.54 Å². The molecule has 1 atom stereocenters. The molecule has 0 aromatic heterocycles. The number of hydrogen-bond acceptors (Lipinski definition) is 4. The van der Waals surface area contributed by atoms with Gasteiger partial charge in [0.1, 0.15) is 19.2 Å². The molecule has 6 heteroatoms. The lowest BCUT2D eigenvalue weighted by molar-refractivity contribution is -0.123. The van der Waals surface area contributed by atoms with Gasteiger partial charge in [0.15, 0.2) is 0 Å². The van der Waals surface area contributed by atoms with Gasteiger partial charge >= 0.3 is 6.09 Å². The van der Waals surface area contributed by atoms with Crippen molar-refractivity contribution in [2.45, 2.75) is 39.8 Å². The summed E-state index contributed by atoms with van der Waals surface area (Å²) >= 11 is 0. The van der Waals surface area contributed by atoms with E-state index in [0.29, 0.717) is 6.42 Å². The van der Waals surface area contributed by atoms with E-state index in [9.17, 15) is 9.59 Å². The van der Waals surface area contributed by atoms with Crippen LogP contribution >= 0.6 is 0 Å². The summed E-state index contributed by atoms with van der Waals surface area (Å²) in [4.78, 5) is 24.0. The van der Waals surface area contributed by atoms with E-state index in [1.807, 2.05) is 57.2 Å². The van der Waals surface area contributed by atoms with Gasteiger partial charge in [0.2, 0.25) is 5.91 Å². The number of nitrogens with one attached hydrogen (secondary N) is 2. The summed E-state index contributed by atoms with van der Waals surface area (Å²) in [7, 11) is 0. The van der Waals surface area contributed by atoms with E-state index in [2.05, 4.69) is 10.6 Å². The van der Waals surface area contributed by atoms with Crippen LogP contribution in [0.4, 0.5) is 4.79 Å². The molecule has 6 nitrogen and oxygen atoms in total. The number of carbonyl (C=O) groups excluding carboxylic acids is 2. The lowest BCUT2D eigenvalue weighted by atomic mass is 9.88. The van der Waals surface area contributed by atoms with Crippen molar-refractivity contribution in [2.24, 2.45) is 5.41 Å². The standard InChI is InChI=1S/C17H23N3O3/c1-17(2,3)11-14(15(21)19-10-9-18)20-16(22)23-12-13-7-5-4-6-8-13/h4-8,14H,10-12H2,1-3H3,(H,19,21)(H,20,22). The minimum atomic E-state index is -0.744. The van der Waals surface area contributed by atoms with E-state index in [1.54, 1.807) is 0 Å². The largest absolute Gasteiger partial charge is 0.445 e. The molecular formula is C17H23N3O3. The first-order chi connectivity index (χ1) is 10.8.